The minimum absolute atomic E-state index is 0.151. The van der Waals surface area contributed by atoms with E-state index >= 15 is 0 Å². The van der Waals surface area contributed by atoms with E-state index in [1.165, 1.54) is 18.4 Å². The zero-order valence-corrected chi connectivity index (χ0v) is 12.4. The molecule has 0 radical (unpaired) electrons. The van der Waals surface area contributed by atoms with Crippen LogP contribution in [-0.2, 0) is 6.42 Å². The number of aliphatic hydroxyl groups excluding tert-OH is 1. The van der Waals surface area contributed by atoms with Gasteiger partial charge in [0.25, 0.3) is 0 Å². The first kappa shape index (κ1) is 14.2. The molecule has 0 amide bonds. The summed E-state index contributed by atoms with van der Waals surface area (Å²) in [5, 5.41) is 11.0. The number of hydrogen-bond acceptors (Lipinski definition) is 2. The molecule has 1 heterocycles. The van der Waals surface area contributed by atoms with Crippen molar-refractivity contribution in [1.82, 2.24) is 0 Å². The maximum atomic E-state index is 14.0. The van der Waals surface area contributed by atoms with Gasteiger partial charge in [0.05, 0.1) is 16.8 Å². The van der Waals surface area contributed by atoms with Crippen LogP contribution in [0.4, 0.5) is 8.78 Å². The Balaban J connectivity index is 1.97. The fraction of sp³-hybridized carbons (Fsp3) is 0.125. The lowest BCUT2D eigenvalue weighted by Gasteiger charge is -2.11. The van der Waals surface area contributed by atoms with Crippen LogP contribution in [0.5, 0.6) is 0 Å². The van der Waals surface area contributed by atoms with Gasteiger partial charge in [-0.25, -0.2) is 8.78 Å². The Morgan fingerprint density at radius 3 is 2.71 bits per heavy atom. The molecule has 2 nitrogen and oxygen atoms in total. The van der Waals surface area contributed by atoms with Gasteiger partial charge in [-0.15, -0.1) is 0 Å². The maximum absolute atomic E-state index is 14.0. The van der Waals surface area contributed by atoms with Crippen LogP contribution < -0.4 is 0 Å². The first-order valence-corrected chi connectivity index (χ1v) is 7.14. The number of halogens is 3. The van der Waals surface area contributed by atoms with E-state index in [0.717, 1.165) is 5.39 Å². The summed E-state index contributed by atoms with van der Waals surface area (Å²) in [6.07, 6.45) is 0.205. The van der Waals surface area contributed by atoms with Gasteiger partial charge in [-0.1, -0.05) is 18.2 Å². The Bertz CT molecular complexity index is 798. The number of benzene rings is 2. The highest BCUT2D eigenvalue weighted by molar-refractivity contribution is 9.10. The van der Waals surface area contributed by atoms with Gasteiger partial charge >= 0.3 is 0 Å². The fourth-order valence-electron chi connectivity index (χ4n) is 2.32. The predicted octanol–water partition coefficient (Wildman–Crippen LogP) is 4.75. The molecule has 0 aliphatic carbocycles. The molecule has 108 valence electrons. The molecule has 0 fully saturated rings. The van der Waals surface area contributed by atoms with Crippen LogP contribution in [0.25, 0.3) is 11.0 Å². The average molecular weight is 353 g/mol. The molecule has 0 aliphatic rings. The van der Waals surface area contributed by atoms with E-state index in [9.17, 15) is 13.9 Å². The second kappa shape index (κ2) is 5.58. The highest BCUT2D eigenvalue weighted by Crippen LogP contribution is 2.31. The lowest BCUT2D eigenvalue weighted by molar-refractivity contribution is 0.176. The summed E-state index contributed by atoms with van der Waals surface area (Å²) in [6, 6.07) is 9.66. The summed E-state index contributed by atoms with van der Waals surface area (Å²) < 4.78 is 33.2. The van der Waals surface area contributed by atoms with Gasteiger partial charge in [-0.3, -0.25) is 0 Å². The molecule has 1 atom stereocenters. The van der Waals surface area contributed by atoms with Crippen LogP contribution in [-0.4, -0.2) is 5.11 Å². The van der Waals surface area contributed by atoms with Crippen LogP contribution in [0.2, 0.25) is 0 Å². The van der Waals surface area contributed by atoms with Crippen molar-refractivity contribution >= 4 is 26.9 Å². The van der Waals surface area contributed by atoms with Crippen LogP contribution in [0.3, 0.4) is 0 Å². The Kier molecular flexibility index (Phi) is 3.78. The zero-order chi connectivity index (χ0) is 15.0. The summed E-state index contributed by atoms with van der Waals surface area (Å²) in [7, 11) is 0. The minimum atomic E-state index is -1.05. The molecule has 1 N–H and O–H groups in total. The third-order valence-corrected chi connectivity index (χ3v) is 4.02. The van der Waals surface area contributed by atoms with Crippen LogP contribution >= 0.6 is 15.9 Å². The molecule has 5 heteroatoms. The topological polar surface area (TPSA) is 33.4 Å². The molecule has 2 aromatic carbocycles. The third kappa shape index (κ3) is 2.59. The number of aliphatic hydroxyl groups is 1. The second-order valence-corrected chi connectivity index (χ2v) is 5.58. The average Bonchev–Trinajstić information content (AvgIpc) is 2.91. The summed E-state index contributed by atoms with van der Waals surface area (Å²) in [5.41, 5.74) is 0.994. The molecule has 0 spiro atoms. The van der Waals surface area contributed by atoms with Crippen molar-refractivity contribution in [3.63, 3.8) is 0 Å². The lowest BCUT2D eigenvalue weighted by Crippen LogP contribution is -2.06. The van der Waals surface area contributed by atoms with E-state index in [-0.39, 0.29) is 16.5 Å². The number of para-hydroxylation sites is 1. The number of rotatable bonds is 3. The van der Waals surface area contributed by atoms with E-state index in [2.05, 4.69) is 15.9 Å². The molecule has 0 saturated heterocycles. The van der Waals surface area contributed by atoms with Gasteiger partial charge in [0.15, 0.2) is 0 Å². The van der Waals surface area contributed by atoms with Gasteiger partial charge < -0.3 is 9.52 Å². The molecule has 0 saturated carbocycles. The third-order valence-electron chi connectivity index (χ3n) is 3.41. The Hall–Kier alpha value is -1.72. The molecule has 21 heavy (non-hydrogen) atoms. The highest BCUT2D eigenvalue weighted by Gasteiger charge is 2.20. The Morgan fingerprint density at radius 1 is 1.14 bits per heavy atom. The normalized spacial score (nSPS) is 12.8. The summed E-state index contributed by atoms with van der Waals surface area (Å²) in [4.78, 5) is 0. The van der Waals surface area contributed by atoms with Gasteiger partial charge in [-0.2, -0.15) is 0 Å². The molecule has 1 aromatic heterocycles. The SMILES string of the molecule is OC(Cc1c(F)ccc(Br)c1F)c1coc2ccccc12. The van der Waals surface area contributed by atoms with Crippen molar-refractivity contribution in [2.45, 2.75) is 12.5 Å². The van der Waals surface area contributed by atoms with Crippen LogP contribution in [0.15, 0.2) is 51.6 Å². The predicted molar refractivity (Wildman–Crippen MR) is 78.9 cm³/mol. The van der Waals surface area contributed by atoms with Gasteiger partial charge in [0.1, 0.15) is 17.2 Å². The van der Waals surface area contributed by atoms with Gasteiger partial charge in [0, 0.05) is 22.9 Å². The van der Waals surface area contributed by atoms with E-state index in [1.54, 1.807) is 12.1 Å². The van der Waals surface area contributed by atoms with E-state index < -0.39 is 17.7 Å². The standard InChI is InChI=1S/C16H11BrF2O2/c17-12-5-6-13(18)10(16(12)19)7-14(20)11-8-21-15-4-2-1-3-9(11)15/h1-6,8,14,20H,7H2. The molecular formula is C16H11BrF2O2. The number of fused-ring (bicyclic) bond motifs is 1. The maximum Gasteiger partial charge on any atom is 0.143 e. The molecule has 0 aliphatic heterocycles. The zero-order valence-electron chi connectivity index (χ0n) is 10.8. The van der Waals surface area contributed by atoms with Crippen molar-refractivity contribution < 1.29 is 18.3 Å². The van der Waals surface area contributed by atoms with Gasteiger partial charge in [0.2, 0.25) is 0 Å². The van der Waals surface area contributed by atoms with Gasteiger partial charge in [-0.05, 0) is 34.1 Å². The molecule has 0 bridgehead atoms. The van der Waals surface area contributed by atoms with Crippen LogP contribution in [0.1, 0.15) is 17.2 Å². The Morgan fingerprint density at radius 2 is 1.90 bits per heavy atom. The van der Waals surface area contributed by atoms with E-state index in [1.807, 2.05) is 12.1 Å². The van der Waals surface area contributed by atoms with Crippen molar-refractivity contribution in [3.8, 4) is 0 Å². The van der Waals surface area contributed by atoms with Crippen molar-refractivity contribution in [1.29, 1.82) is 0 Å². The van der Waals surface area contributed by atoms with E-state index in [0.29, 0.717) is 11.1 Å². The van der Waals surface area contributed by atoms with Crippen LogP contribution in [0, 0.1) is 11.6 Å². The summed E-state index contributed by atoms with van der Waals surface area (Å²) in [5.74, 6) is -1.37. The molecule has 1 unspecified atom stereocenters. The van der Waals surface area contributed by atoms with Crippen molar-refractivity contribution in [2.24, 2.45) is 0 Å². The van der Waals surface area contributed by atoms with Crippen molar-refractivity contribution in [2.75, 3.05) is 0 Å². The number of furan rings is 1. The first-order chi connectivity index (χ1) is 10.1. The molecule has 3 rings (SSSR count). The first-order valence-electron chi connectivity index (χ1n) is 6.34. The van der Waals surface area contributed by atoms with E-state index in [4.69, 9.17) is 4.42 Å². The minimum Gasteiger partial charge on any atom is -0.464 e. The quantitative estimate of drug-likeness (QED) is 0.690. The summed E-state index contributed by atoms with van der Waals surface area (Å²) in [6.45, 7) is 0. The largest absolute Gasteiger partial charge is 0.464 e. The Labute approximate surface area is 128 Å². The molecule has 3 aromatic rings. The monoisotopic (exact) mass is 352 g/mol. The highest BCUT2D eigenvalue weighted by atomic mass is 79.9. The summed E-state index contributed by atoms with van der Waals surface area (Å²) >= 11 is 3.02. The smallest absolute Gasteiger partial charge is 0.143 e. The lowest BCUT2D eigenvalue weighted by atomic mass is 10.00. The van der Waals surface area contributed by atoms with Crippen molar-refractivity contribution in [3.05, 3.63) is 69.9 Å². The second-order valence-electron chi connectivity index (χ2n) is 4.73. The number of hydrogen-bond donors (Lipinski definition) is 1. The molecular weight excluding hydrogens is 342 g/mol. The fourth-order valence-corrected chi connectivity index (χ4v) is 2.69.